The van der Waals surface area contributed by atoms with Gasteiger partial charge in [0.15, 0.2) is 0 Å². The highest BCUT2D eigenvalue weighted by atomic mass is 19.1. The molecule has 0 aliphatic heterocycles. The minimum Gasteiger partial charge on any atom is -0.478 e. The Bertz CT molecular complexity index is 999. The van der Waals surface area contributed by atoms with E-state index in [4.69, 9.17) is 5.26 Å². The van der Waals surface area contributed by atoms with Crippen LogP contribution in [0.3, 0.4) is 0 Å². The van der Waals surface area contributed by atoms with Crippen LogP contribution >= 0.6 is 0 Å². The van der Waals surface area contributed by atoms with Gasteiger partial charge < -0.3 is 10.1 Å². The first-order chi connectivity index (χ1) is 11.3. The van der Waals surface area contributed by atoms with Crippen molar-refractivity contribution in [3.63, 3.8) is 0 Å². The first-order valence-corrected chi connectivity index (χ1v) is 7.26. The number of aromatic amines is 1. The van der Waals surface area contributed by atoms with Crippen LogP contribution in [-0.4, -0.2) is 21.0 Å². The second-order valence-corrected chi connectivity index (χ2v) is 6.04. The van der Waals surface area contributed by atoms with Crippen LogP contribution in [0.15, 0.2) is 36.5 Å². The van der Waals surface area contributed by atoms with E-state index in [9.17, 15) is 14.3 Å². The Balaban J connectivity index is 2.30. The normalized spacial score (nSPS) is 11.4. The number of H-pyrrole nitrogens is 1. The average Bonchev–Trinajstić information content (AvgIpc) is 2.94. The highest BCUT2D eigenvalue weighted by molar-refractivity contribution is 6.05. The molecule has 0 saturated heterocycles. The zero-order valence-corrected chi connectivity index (χ0v) is 13.1. The molecule has 120 valence electrons. The second-order valence-electron chi connectivity index (χ2n) is 6.04. The van der Waals surface area contributed by atoms with Crippen LogP contribution < -0.4 is 0 Å². The van der Waals surface area contributed by atoms with Crippen molar-refractivity contribution in [3.05, 3.63) is 64.9 Å². The predicted octanol–water partition coefficient (Wildman–Crippen LogP) is 3.60. The van der Waals surface area contributed by atoms with Gasteiger partial charge in [-0.3, -0.25) is 0 Å². The molecule has 0 aliphatic rings. The number of carbonyl (C=O) groups is 1. The molecule has 6 heteroatoms. The van der Waals surface area contributed by atoms with E-state index in [0.29, 0.717) is 27.7 Å². The molecule has 0 fully saturated rings. The summed E-state index contributed by atoms with van der Waals surface area (Å²) < 4.78 is 13.5. The van der Waals surface area contributed by atoms with Crippen molar-refractivity contribution in [1.82, 2.24) is 9.97 Å². The number of benzene rings is 1. The van der Waals surface area contributed by atoms with Crippen molar-refractivity contribution in [3.8, 4) is 6.07 Å². The summed E-state index contributed by atoms with van der Waals surface area (Å²) in [7, 11) is 0. The smallest absolute Gasteiger partial charge is 0.338 e. The molecule has 5 nitrogen and oxygen atoms in total. The zero-order valence-electron chi connectivity index (χ0n) is 13.1. The summed E-state index contributed by atoms with van der Waals surface area (Å²) >= 11 is 0. The first kappa shape index (κ1) is 15.7. The summed E-state index contributed by atoms with van der Waals surface area (Å²) in [5.74, 6) is -1.70. The molecule has 24 heavy (non-hydrogen) atoms. The summed E-state index contributed by atoms with van der Waals surface area (Å²) in [6, 6.07) is 9.77. The van der Waals surface area contributed by atoms with Crippen molar-refractivity contribution >= 4 is 16.9 Å². The number of aromatic carboxylic acids is 1. The van der Waals surface area contributed by atoms with Gasteiger partial charge in [-0.05, 0) is 29.8 Å². The Labute approximate surface area is 137 Å². The average molecular weight is 323 g/mol. The molecule has 3 aromatic rings. The van der Waals surface area contributed by atoms with Gasteiger partial charge in [-0.1, -0.05) is 19.9 Å². The third-order valence-electron chi connectivity index (χ3n) is 4.21. The number of hydrogen-bond donors (Lipinski definition) is 2. The highest BCUT2D eigenvalue weighted by Crippen LogP contribution is 2.36. The Morgan fingerprint density at radius 1 is 1.33 bits per heavy atom. The molecule has 0 atom stereocenters. The third kappa shape index (κ3) is 2.40. The summed E-state index contributed by atoms with van der Waals surface area (Å²) in [6.07, 6.45) is 1.35. The van der Waals surface area contributed by atoms with Crippen molar-refractivity contribution < 1.29 is 14.3 Å². The number of halogens is 1. The largest absolute Gasteiger partial charge is 0.478 e. The molecule has 0 radical (unpaired) electrons. The molecule has 2 N–H and O–H groups in total. The monoisotopic (exact) mass is 323 g/mol. The van der Waals surface area contributed by atoms with Crippen LogP contribution in [0, 0.1) is 17.3 Å². The lowest BCUT2D eigenvalue weighted by molar-refractivity contribution is 0.0696. The summed E-state index contributed by atoms with van der Waals surface area (Å²) in [4.78, 5) is 18.5. The number of nitrogens with one attached hydrogen (secondary N) is 1. The molecule has 0 saturated carbocycles. The fourth-order valence-corrected chi connectivity index (χ4v) is 2.89. The third-order valence-corrected chi connectivity index (χ3v) is 4.21. The summed E-state index contributed by atoms with van der Waals surface area (Å²) in [5, 5.41) is 19.2. The van der Waals surface area contributed by atoms with Crippen LogP contribution in [0.5, 0.6) is 0 Å². The van der Waals surface area contributed by atoms with Gasteiger partial charge in [-0.15, -0.1) is 0 Å². The summed E-state index contributed by atoms with van der Waals surface area (Å²) in [5.41, 5.74) is 1.37. The predicted molar refractivity (Wildman–Crippen MR) is 86.3 cm³/mol. The number of carboxylic acid groups (broad SMARTS) is 1. The number of carboxylic acids is 1. The van der Waals surface area contributed by atoms with Gasteiger partial charge in [0.25, 0.3) is 0 Å². The Hall–Kier alpha value is -3.20. The van der Waals surface area contributed by atoms with Gasteiger partial charge in [0, 0.05) is 28.2 Å². The minimum atomic E-state index is -1.08. The fraction of sp³-hybridized carbons (Fsp3) is 0.167. The van der Waals surface area contributed by atoms with E-state index in [1.54, 1.807) is 24.3 Å². The van der Waals surface area contributed by atoms with Gasteiger partial charge in [0.05, 0.1) is 17.2 Å². The zero-order chi connectivity index (χ0) is 17.5. The molecule has 0 amide bonds. The number of rotatable bonds is 3. The lowest BCUT2D eigenvalue weighted by Crippen LogP contribution is -2.23. The first-order valence-electron chi connectivity index (χ1n) is 7.26. The van der Waals surface area contributed by atoms with Crippen LogP contribution in [0.2, 0.25) is 0 Å². The lowest BCUT2D eigenvalue weighted by Gasteiger charge is -2.25. The number of hydrogen-bond acceptors (Lipinski definition) is 3. The van der Waals surface area contributed by atoms with E-state index in [0.717, 1.165) is 0 Å². The Morgan fingerprint density at radius 3 is 2.71 bits per heavy atom. The molecule has 0 spiro atoms. The van der Waals surface area contributed by atoms with Gasteiger partial charge in [0.1, 0.15) is 0 Å². The quantitative estimate of drug-likeness (QED) is 0.721. The van der Waals surface area contributed by atoms with Crippen molar-refractivity contribution in [2.75, 3.05) is 0 Å². The van der Waals surface area contributed by atoms with E-state index in [1.807, 2.05) is 19.9 Å². The molecule has 0 bridgehead atoms. The topological polar surface area (TPSA) is 89.8 Å². The van der Waals surface area contributed by atoms with Crippen molar-refractivity contribution in [1.29, 1.82) is 5.26 Å². The molecule has 2 heterocycles. The number of fused-ring (bicyclic) bond motifs is 1. The maximum Gasteiger partial charge on any atom is 0.338 e. The summed E-state index contributed by atoms with van der Waals surface area (Å²) in [6.45, 7) is 3.62. The van der Waals surface area contributed by atoms with Gasteiger partial charge in [0.2, 0.25) is 5.95 Å². The van der Waals surface area contributed by atoms with Crippen molar-refractivity contribution in [2.24, 2.45) is 0 Å². The maximum atomic E-state index is 13.5. The van der Waals surface area contributed by atoms with Crippen LogP contribution in [0.25, 0.3) is 10.9 Å². The maximum absolute atomic E-state index is 13.5. The SMILES string of the molecule is CC(C)(c1ccnc(F)c1)c1[nH]c2cc(C#N)ccc2c1C(=O)O. The Morgan fingerprint density at radius 2 is 2.08 bits per heavy atom. The van der Waals surface area contributed by atoms with E-state index in [-0.39, 0.29) is 5.56 Å². The number of aromatic nitrogens is 2. The molecule has 2 aromatic heterocycles. The minimum absolute atomic E-state index is 0.122. The second kappa shape index (κ2) is 5.46. The highest BCUT2D eigenvalue weighted by Gasteiger charge is 2.32. The van der Waals surface area contributed by atoms with Crippen LogP contribution in [-0.2, 0) is 5.41 Å². The number of nitrogens with zero attached hydrogens (tertiary/aromatic N) is 2. The van der Waals surface area contributed by atoms with Crippen LogP contribution in [0.1, 0.15) is 41.0 Å². The number of nitriles is 1. The standard InChI is InChI=1S/C18H14FN3O2/c1-18(2,11-5-6-21-14(19)8-11)16-15(17(23)24)12-4-3-10(9-20)7-13(12)22-16/h3-8,22H,1-2H3,(H,23,24). The van der Waals surface area contributed by atoms with Crippen molar-refractivity contribution in [2.45, 2.75) is 19.3 Å². The number of pyridine rings is 1. The Kier molecular flexibility index (Phi) is 3.57. The molecular weight excluding hydrogens is 309 g/mol. The van der Waals surface area contributed by atoms with E-state index < -0.39 is 17.3 Å². The molecule has 1 aromatic carbocycles. The van der Waals surface area contributed by atoms with Gasteiger partial charge >= 0.3 is 5.97 Å². The van der Waals surface area contributed by atoms with Gasteiger partial charge in [-0.25, -0.2) is 9.78 Å². The van der Waals surface area contributed by atoms with Gasteiger partial charge in [-0.2, -0.15) is 9.65 Å². The molecule has 0 unspecified atom stereocenters. The fourth-order valence-electron chi connectivity index (χ4n) is 2.89. The van der Waals surface area contributed by atoms with E-state index in [2.05, 4.69) is 9.97 Å². The molecule has 3 rings (SSSR count). The molecular formula is C18H14FN3O2. The van der Waals surface area contributed by atoms with E-state index >= 15 is 0 Å². The van der Waals surface area contributed by atoms with Crippen LogP contribution in [0.4, 0.5) is 4.39 Å². The lowest BCUT2D eigenvalue weighted by atomic mass is 9.80. The molecule has 0 aliphatic carbocycles. The van der Waals surface area contributed by atoms with E-state index in [1.165, 1.54) is 12.3 Å².